The number of nitrogen functional groups attached to an aromatic ring is 1. The monoisotopic (exact) mass is 236 g/mol. The summed E-state index contributed by atoms with van der Waals surface area (Å²) in [5, 5.41) is 0. The zero-order chi connectivity index (χ0) is 12.3. The summed E-state index contributed by atoms with van der Waals surface area (Å²) < 4.78 is 13.3. The highest BCUT2D eigenvalue weighted by molar-refractivity contribution is 5.47. The molecule has 1 aromatic rings. The van der Waals surface area contributed by atoms with Gasteiger partial charge in [-0.15, -0.1) is 0 Å². The molecule has 1 fully saturated rings. The van der Waals surface area contributed by atoms with Crippen molar-refractivity contribution in [2.24, 2.45) is 5.92 Å². The number of nitrogens with two attached hydrogens (primary N) is 1. The van der Waals surface area contributed by atoms with E-state index in [1.807, 2.05) is 6.07 Å². The third kappa shape index (κ3) is 3.19. The Kier molecular flexibility index (Phi) is 4.00. The van der Waals surface area contributed by atoms with Crippen molar-refractivity contribution < 1.29 is 4.39 Å². The van der Waals surface area contributed by atoms with Gasteiger partial charge in [0.2, 0.25) is 0 Å². The topological polar surface area (TPSA) is 29.3 Å². The standard InChI is InChI=1S/C14H21FN2/c1-11-4-3-8-17(9-7-11)10-12-5-2-6-13(15)14(12)16/h2,5-6,11H,3-4,7-10,16H2,1H3. The molecule has 0 radical (unpaired) electrons. The van der Waals surface area contributed by atoms with Crippen molar-refractivity contribution in [3.05, 3.63) is 29.6 Å². The van der Waals surface area contributed by atoms with Crippen molar-refractivity contribution >= 4 is 5.69 Å². The molecule has 0 aromatic heterocycles. The number of hydrogen-bond donors (Lipinski definition) is 1. The molecule has 1 heterocycles. The van der Waals surface area contributed by atoms with Crippen molar-refractivity contribution in [1.29, 1.82) is 0 Å². The summed E-state index contributed by atoms with van der Waals surface area (Å²) in [4.78, 5) is 2.38. The van der Waals surface area contributed by atoms with Gasteiger partial charge in [-0.25, -0.2) is 4.39 Å². The normalized spacial score (nSPS) is 22.4. The van der Waals surface area contributed by atoms with Crippen LogP contribution in [0.2, 0.25) is 0 Å². The highest BCUT2D eigenvalue weighted by Gasteiger charge is 2.15. The summed E-state index contributed by atoms with van der Waals surface area (Å²) >= 11 is 0. The second-order valence-electron chi connectivity index (χ2n) is 5.12. The molecule has 1 aliphatic rings. The van der Waals surface area contributed by atoms with E-state index in [0.717, 1.165) is 31.1 Å². The van der Waals surface area contributed by atoms with E-state index < -0.39 is 0 Å². The summed E-state index contributed by atoms with van der Waals surface area (Å²) in [5.41, 5.74) is 6.99. The quantitative estimate of drug-likeness (QED) is 0.800. The van der Waals surface area contributed by atoms with Crippen molar-refractivity contribution in [2.45, 2.75) is 32.7 Å². The maximum Gasteiger partial charge on any atom is 0.146 e. The van der Waals surface area contributed by atoms with E-state index in [1.165, 1.54) is 25.3 Å². The first-order chi connectivity index (χ1) is 8.16. The van der Waals surface area contributed by atoms with Crippen LogP contribution in [-0.4, -0.2) is 18.0 Å². The molecule has 1 atom stereocenters. The lowest BCUT2D eigenvalue weighted by Gasteiger charge is -2.21. The second kappa shape index (κ2) is 5.50. The van der Waals surface area contributed by atoms with Gasteiger partial charge >= 0.3 is 0 Å². The lowest BCUT2D eigenvalue weighted by Crippen LogP contribution is -2.24. The van der Waals surface area contributed by atoms with Gasteiger partial charge in [-0.1, -0.05) is 19.1 Å². The predicted octanol–water partition coefficient (Wildman–Crippen LogP) is 3.03. The van der Waals surface area contributed by atoms with Crippen molar-refractivity contribution in [1.82, 2.24) is 4.90 Å². The Labute approximate surface area is 103 Å². The molecule has 0 bridgehead atoms. The first-order valence-electron chi connectivity index (χ1n) is 6.42. The highest BCUT2D eigenvalue weighted by atomic mass is 19.1. The molecule has 1 aliphatic heterocycles. The number of benzene rings is 1. The fourth-order valence-corrected chi connectivity index (χ4v) is 2.44. The fraction of sp³-hybridized carbons (Fsp3) is 0.571. The molecule has 3 heteroatoms. The highest BCUT2D eigenvalue weighted by Crippen LogP contribution is 2.21. The van der Waals surface area contributed by atoms with Crippen LogP contribution in [0.4, 0.5) is 10.1 Å². The summed E-state index contributed by atoms with van der Waals surface area (Å²) in [6.45, 7) is 5.27. The molecule has 1 aromatic carbocycles. The van der Waals surface area contributed by atoms with Crippen molar-refractivity contribution in [2.75, 3.05) is 18.8 Å². The lowest BCUT2D eigenvalue weighted by atomic mass is 10.0. The van der Waals surface area contributed by atoms with Crippen LogP contribution in [-0.2, 0) is 6.54 Å². The molecule has 0 amide bonds. The van der Waals surface area contributed by atoms with Gasteiger partial charge in [0.15, 0.2) is 0 Å². The van der Waals surface area contributed by atoms with Crippen LogP contribution in [0.5, 0.6) is 0 Å². The molecule has 2 rings (SSSR count). The zero-order valence-corrected chi connectivity index (χ0v) is 10.5. The minimum atomic E-state index is -0.300. The average Bonchev–Trinajstić information content (AvgIpc) is 2.50. The third-order valence-electron chi connectivity index (χ3n) is 3.65. The van der Waals surface area contributed by atoms with E-state index in [1.54, 1.807) is 6.07 Å². The summed E-state index contributed by atoms with van der Waals surface area (Å²) in [6.07, 6.45) is 3.76. The molecule has 0 saturated carbocycles. The SMILES string of the molecule is CC1CCCN(Cc2cccc(F)c2N)CC1. The van der Waals surface area contributed by atoms with Gasteiger partial charge in [0.1, 0.15) is 5.82 Å². The summed E-state index contributed by atoms with van der Waals surface area (Å²) in [6, 6.07) is 5.08. The molecule has 1 unspecified atom stereocenters. The molecule has 2 N–H and O–H groups in total. The molecule has 94 valence electrons. The Balaban J connectivity index is 2.02. The Bertz CT molecular complexity index is 378. The van der Waals surface area contributed by atoms with E-state index in [-0.39, 0.29) is 5.82 Å². The van der Waals surface area contributed by atoms with Crippen LogP contribution in [0.1, 0.15) is 31.7 Å². The largest absolute Gasteiger partial charge is 0.396 e. The number of nitrogens with zero attached hydrogens (tertiary/aromatic N) is 1. The van der Waals surface area contributed by atoms with Crippen LogP contribution in [0.3, 0.4) is 0 Å². The van der Waals surface area contributed by atoms with Gasteiger partial charge in [-0.3, -0.25) is 4.90 Å². The number of anilines is 1. The van der Waals surface area contributed by atoms with Crippen LogP contribution >= 0.6 is 0 Å². The van der Waals surface area contributed by atoms with E-state index >= 15 is 0 Å². The Morgan fingerprint density at radius 2 is 2.18 bits per heavy atom. The average molecular weight is 236 g/mol. The Morgan fingerprint density at radius 3 is 3.00 bits per heavy atom. The van der Waals surface area contributed by atoms with Gasteiger partial charge in [0.25, 0.3) is 0 Å². The molecule has 1 saturated heterocycles. The molecule has 0 aliphatic carbocycles. The predicted molar refractivity (Wildman–Crippen MR) is 69.1 cm³/mol. The van der Waals surface area contributed by atoms with E-state index in [9.17, 15) is 4.39 Å². The van der Waals surface area contributed by atoms with E-state index in [0.29, 0.717) is 5.69 Å². The number of para-hydroxylation sites is 1. The van der Waals surface area contributed by atoms with Crippen LogP contribution < -0.4 is 5.73 Å². The Morgan fingerprint density at radius 1 is 1.35 bits per heavy atom. The first-order valence-corrected chi connectivity index (χ1v) is 6.42. The fourth-order valence-electron chi connectivity index (χ4n) is 2.44. The molecule has 2 nitrogen and oxygen atoms in total. The van der Waals surface area contributed by atoms with Gasteiger partial charge < -0.3 is 5.73 Å². The van der Waals surface area contributed by atoms with Gasteiger partial charge in [0.05, 0.1) is 5.69 Å². The lowest BCUT2D eigenvalue weighted by molar-refractivity contribution is 0.274. The molecular weight excluding hydrogens is 215 g/mol. The van der Waals surface area contributed by atoms with Crippen molar-refractivity contribution in [3.63, 3.8) is 0 Å². The number of hydrogen-bond acceptors (Lipinski definition) is 2. The zero-order valence-electron chi connectivity index (χ0n) is 10.5. The number of likely N-dealkylation sites (tertiary alicyclic amines) is 1. The molecule has 17 heavy (non-hydrogen) atoms. The van der Waals surface area contributed by atoms with Crippen LogP contribution in [0.15, 0.2) is 18.2 Å². The maximum absolute atomic E-state index is 13.3. The van der Waals surface area contributed by atoms with Gasteiger partial charge in [-0.05, 0) is 49.9 Å². The number of rotatable bonds is 2. The smallest absolute Gasteiger partial charge is 0.146 e. The van der Waals surface area contributed by atoms with Gasteiger partial charge in [0, 0.05) is 6.54 Å². The summed E-state index contributed by atoms with van der Waals surface area (Å²) in [7, 11) is 0. The summed E-state index contributed by atoms with van der Waals surface area (Å²) in [5.74, 6) is 0.510. The number of halogens is 1. The second-order valence-corrected chi connectivity index (χ2v) is 5.12. The third-order valence-corrected chi connectivity index (χ3v) is 3.65. The first kappa shape index (κ1) is 12.4. The Hall–Kier alpha value is -1.09. The minimum Gasteiger partial charge on any atom is -0.396 e. The molecule has 0 spiro atoms. The van der Waals surface area contributed by atoms with Crippen molar-refractivity contribution in [3.8, 4) is 0 Å². The van der Waals surface area contributed by atoms with Crippen LogP contribution in [0, 0.1) is 11.7 Å². The minimum absolute atomic E-state index is 0.300. The molecular formula is C14H21FN2. The van der Waals surface area contributed by atoms with Gasteiger partial charge in [-0.2, -0.15) is 0 Å². The van der Waals surface area contributed by atoms with E-state index in [4.69, 9.17) is 5.73 Å². The van der Waals surface area contributed by atoms with E-state index in [2.05, 4.69) is 11.8 Å². The van der Waals surface area contributed by atoms with Crippen LogP contribution in [0.25, 0.3) is 0 Å². The maximum atomic E-state index is 13.3.